The van der Waals surface area contributed by atoms with Crippen LogP contribution in [0, 0.1) is 0 Å². The zero-order chi connectivity index (χ0) is 13.8. The van der Waals surface area contributed by atoms with E-state index in [2.05, 4.69) is 48.5 Å². The van der Waals surface area contributed by atoms with Crippen LogP contribution in [0.2, 0.25) is 0 Å². The summed E-state index contributed by atoms with van der Waals surface area (Å²) in [6.45, 7) is -0.0935. The van der Waals surface area contributed by atoms with Gasteiger partial charge >= 0.3 is 0 Å². The summed E-state index contributed by atoms with van der Waals surface area (Å²) in [4.78, 5) is 0. The van der Waals surface area contributed by atoms with Crippen molar-refractivity contribution in [3.8, 4) is 0 Å². The minimum absolute atomic E-state index is 0.0935. The van der Waals surface area contributed by atoms with E-state index in [9.17, 15) is 5.11 Å². The van der Waals surface area contributed by atoms with E-state index < -0.39 is 0 Å². The largest absolute Gasteiger partial charge is 0.232 e. The number of allylic oxidation sites excluding steroid dienone is 1. The van der Waals surface area contributed by atoms with E-state index >= 15 is 0 Å². The van der Waals surface area contributed by atoms with Crippen molar-refractivity contribution in [1.29, 1.82) is 0 Å². The fraction of sp³-hybridized carbons (Fsp3) is 0.263. The molecule has 0 aromatic heterocycles. The lowest BCUT2D eigenvalue weighted by Gasteiger charge is -2.28. The molecule has 3 rings (SSSR count). The van der Waals surface area contributed by atoms with Crippen molar-refractivity contribution in [2.75, 3.05) is 6.61 Å². The van der Waals surface area contributed by atoms with Gasteiger partial charge in [-0.05, 0) is 41.5 Å². The van der Waals surface area contributed by atoms with Crippen LogP contribution in [0.3, 0.4) is 0 Å². The van der Waals surface area contributed by atoms with Gasteiger partial charge in [0.25, 0.3) is 0 Å². The molecule has 1 unspecified atom stereocenters. The van der Waals surface area contributed by atoms with Gasteiger partial charge in [0, 0.05) is 5.92 Å². The first-order valence-corrected chi connectivity index (χ1v) is 7.30. The van der Waals surface area contributed by atoms with Crippen molar-refractivity contribution in [3.05, 3.63) is 77.4 Å². The van der Waals surface area contributed by atoms with Gasteiger partial charge in [0.05, 0.1) is 0 Å². The molecule has 101 valence electrons. The topological polar surface area (TPSA) is 19.9 Å². The summed E-state index contributed by atoms with van der Waals surface area (Å²) in [7, 11) is 0. The van der Waals surface area contributed by atoms with Gasteiger partial charge in [-0.3, -0.25) is 0 Å². The zero-order valence-corrected chi connectivity index (χ0v) is 11.6. The van der Waals surface area contributed by atoms with E-state index in [4.69, 9.17) is 0 Å². The molecule has 0 bridgehead atoms. The van der Waals surface area contributed by atoms with Crippen LogP contribution in [0.1, 0.15) is 36.3 Å². The maximum Gasteiger partial charge on any atom is 0.104 e. The van der Waals surface area contributed by atoms with E-state index in [0.29, 0.717) is 5.92 Å². The molecule has 1 nitrogen and oxygen atoms in total. The highest BCUT2D eigenvalue weighted by atomic mass is 16.3. The first-order valence-electron chi connectivity index (χ1n) is 7.30. The van der Waals surface area contributed by atoms with Crippen LogP contribution >= 0.6 is 0 Å². The second-order valence-corrected chi connectivity index (χ2v) is 5.37. The van der Waals surface area contributed by atoms with E-state index in [1.54, 1.807) is 0 Å². The molecule has 0 saturated heterocycles. The molecule has 0 spiro atoms. The van der Waals surface area contributed by atoms with Crippen LogP contribution < -0.4 is 0 Å². The van der Waals surface area contributed by atoms with Crippen LogP contribution in [0.5, 0.6) is 0 Å². The summed E-state index contributed by atoms with van der Waals surface area (Å²) in [6, 6.07) is 20.8. The first kappa shape index (κ1) is 13.1. The predicted molar refractivity (Wildman–Crippen MR) is 81.9 cm³/mol. The van der Waals surface area contributed by atoms with Gasteiger partial charge in [0.1, 0.15) is 6.61 Å². The minimum Gasteiger partial charge on any atom is -0.232 e. The van der Waals surface area contributed by atoms with Crippen molar-refractivity contribution in [2.45, 2.75) is 25.2 Å². The Hall–Kier alpha value is -1.86. The van der Waals surface area contributed by atoms with Gasteiger partial charge in [-0.25, -0.2) is 5.11 Å². The Labute approximate surface area is 120 Å². The van der Waals surface area contributed by atoms with Gasteiger partial charge in [0.2, 0.25) is 0 Å². The van der Waals surface area contributed by atoms with Gasteiger partial charge in [-0.1, -0.05) is 60.7 Å². The van der Waals surface area contributed by atoms with Gasteiger partial charge in [-0.15, -0.1) is 0 Å². The zero-order valence-electron chi connectivity index (χ0n) is 11.6. The average Bonchev–Trinajstić information content (AvgIpc) is 2.55. The Morgan fingerprint density at radius 3 is 2.20 bits per heavy atom. The average molecular weight is 263 g/mol. The molecule has 1 heteroatoms. The van der Waals surface area contributed by atoms with Crippen LogP contribution in [0.15, 0.2) is 66.2 Å². The lowest BCUT2D eigenvalue weighted by molar-refractivity contribution is 0.215. The van der Waals surface area contributed by atoms with Crippen molar-refractivity contribution in [1.82, 2.24) is 0 Å². The monoisotopic (exact) mass is 263 g/mol. The van der Waals surface area contributed by atoms with Crippen LogP contribution in [0.25, 0.3) is 5.57 Å². The van der Waals surface area contributed by atoms with Gasteiger partial charge in [0.15, 0.2) is 0 Å². The summed E-state index contributed by atoms with van der Waals surface area (Å²) >= 11 is 0. The molecule has 20 heavy (non-hydrogen) atoms. The highest BCUT2D eigenvalue weighted by Crippen LogP contribution is 2.41. The second kappa shape index (κ2) is 6.06. The summed E-state index contributed by atoms with van der Waals surface area (Å²) in [5.41, 5.74) is 4.87. The molecule has 0 amide bonds. The number of hydrogen-bond acceptors (Lipinski definition) is 0. The fourth-order valence-electron chi connectivity index (χ4n) is 3.24. The van der Waals surface area contributed by atoms with E-state index in [0.717, 1.165) is 24.8 Å². The number of benzene rings is 2. The molecule has 0 heterocycles. The van der Waals surface area contributed by atoms with Gasteiger partial charge < -0.3 is 0 Å². The lowest BCUT2D eigenvalue weighted by atomic mass is 9.77. The SMILES string of the molecule is [O]CC1=C(c2ccccc2)CCCC1c1ccccc1. The van der Waals surface area contributed by atoms with Crippen LogP contribution in [0.4, 0.5) is 0 Å². The molecule has 1 atom stereocenters. The van der Waals surface area contributed by atoms with Gasteiger partial charge in [-0.2, -0.15) is 0 Å². The number of hydrogen-bond donors (Lipinski definition) is 0. The molecule has 1 radical (unpaired) electrons. The lowest BCUT2D eigenvalue weighted by Crippen LogP contribution is -2.13. The normalized spacial score (nSPS) is 19.1. The fourth-order valence-corrected chi connectivity index (χ4v) is 3.24. The molecule has 0 saturated carbocycles. The molecule has 0 aliphatic heterocycles. The smallest absolute Gasteiger partial charge is 0.104 e. The Kier molecular flexibility index (Phi) is 3.98. The Morgan fingerprint density at radius 1 is 0.900 bits per heavy atom. The second-order valence-electron chi connectivity index (χ2n) is 5.37. The third kappa shape index (κ3) is 2.54. The van der Waals surface area contributed by atoms with Crippen molar-refractivity contribution >= 4 is 5.57 Å². The maximum absolute atomic E-state index is 11.8. The molecular weight excluding hydrogens is 244 g/mol. The summed E-state index contributed by atoms with van der Waals surface area (Å²) in [5, 5.41) is 11.8. The summed E-state index contributed by atoms with van der Waals surface area (Å²) in [6.07, 6.45) is 3.29. The maximum atomic E-state index is 11.8. The predicted octanol–water partition coefficient (Wildman–Crippen LogP) is 4.84. The van der Waals surface area contributed by atoms with Crippen LogP contribution in [-0.4, -0.2) is 6.61 Å². The van der Waals surface area contributed by atoms with E-state index in [1.807, 2.05) is 12.1 Å². The Bertz CT molecular complexity index is 584. The standard InChI is InChI=1S/C19H19O/c20-14-19-17(15-8-3-1-4-9-15)12-7-13-18(19)16-10-5-2-6-11-16/h1-6,8-11,17H,7,12-14H2. The molecule has 0 fully saturated rings. The van der Waals surface area contributed by atoms with E-state index in [1.165, 1.54) is 16.7 Å². The molecular formula is C19H19O. The highest BCUT2D eigenvalue weighted by molar-refractivity contribution is 5.71. The van der Waals surface area contributed by atoms with Crippen LogP contribution in [-0.2, 0) is 5.11 Å². The summed E-state index contributed by atoms with van der Waals surface area (Å²) < 4.78 is 0. The third-order valence-corrected chi connectivity index (χ3v) is 4.21. The van der Waals surface area contributed by atoms with Crippen molar-refractivity contribution in [3.63, 3.8) is 0 Å². The van der Waals surface area contributed by atoms with Crippen molar-refractivity contribution < 1.29 is 5.11 Å². The third-order valence-electron chi connectivity index (χ3n) is 4.21. The van der Waals surface area contributed by atoms with Crippen molar-refractivity contribution in [2.24, 2.45) is 0 Å². The minimum atomic E-state index is -0.0935. The molecule has 2 aromatic carbocycles. The summed E-state index contributed by atoms with van der Waals surface area (Å²) in [5.74, 6) is 0.303. The molecule has 1 aliphatic rings. The molecule has 2 aromatic rings. The number of rotatable bonds is 3. The Morgan fingerprint density at radius 2 is 1.55 bits per heavy atom. The molecule has 1 aliphatic carbocycles. The molecule has 0 N–H and O–H groups in total. The quantitative estimate of drug-likeness (QED) is 0.755. The van der Waals surface area contributed by atoms with E-state index in [-0.39, 0.29) is 6.61 Å². The Balaban J connectivity index is 2.05. The highest BCUT2D eigenvalue weighted by Gasteiger charge is 2.24. The first-order chi connectivity index (χ1) is 9.90.